The molecule has 4 fully saturated rings. The first-order valence-electron chi connectivity index (χ1n) is 13.1. The molecular formula is C29H39NOS2. The van der Waals surface area contributed by atoms with Crippen LogP contribution in [0.4, 0.5) is 5.69 Å². The lowest BCUT2D eigenvalue weighted by Gasteiger charge is -2.56. The lowest BCUT2D eigenvalue weighted by Crippen LogP contribution is -2.50. The number of anilines is 1. The second-order valence-corrected chi connectivity index (χ2v) is 15.1. The van der Waals surface area contributed by atoms with Crippen molar-refractivity contribution >= 4 is 35.0 Å². The van der Waals surface area contributed by atoms with E-state index in [-0.39, 0.29) is 11.3 Å². The fourth-order valence-corrected chi connectivity index (χ4v) is 11.8. The van der Waals surface area contributed by atoms with Gasteiger partial charge in [0.05, 0.1) is 4.08 Å². The fourth-order valence-electron chi connectivity index (χ4n) is 8.62. The van der Waals surface area contributed by atoms with Crippen molar-refractivity contribution in [2.45, 2.75) is 62.4 Å². The summed E-state index contributed by atoms with van der Waals surface area (Å²) in [7, 11) is 4.23. The molecule has 4 heteroatoms. The molecule has 2 nitrogen and oxygen atoms in total. The molecule has 4 aliphatic carbocycles. The number of carbonyl (C=O) groups excluding carboxylic acids is 1. The van der Waals surface area contributed by atoms with Crippen LogP contribution < -0.4 is 4.90 Å². The topological polar surface area (TPSA) is 20.3 Å². The van der Waals surface area contributed by atoms with Crippen LogP contribution in [0.5, 0.6) is 0 Å². The molecule has 3 saturated carbocycles. The van der Waals surface area contributed by atoms with Crippen molar-refractivity contribution in [3.8, 4) is 0 Å². The first kappa shape index (κ1) is 22.6. The van der Waals surface area contributed by atoms with Crippen LogP contribution in [0.15, 0.2) is 35.9 Å². The lowest BCUT2D eigenvalue weighted by molar-refractivity contribution is -0.134. The molecule has 5 aliphatic rings. The highest BCUT2D eigenvalue weighted by molar-refractivity contribution is 8.21. The van der Waals surface area contributed by atoms with Crippen molar-refractivity contribution < 1.29 is 4.79 Å². The van der Waals surface area contributed by atoms with Crippen LogP contribution in [0.3, 0.4) is 0 Å². The summed E-state index contributed by atoms with van der Waals surface area (Å²) in [5, 5.41) is 0. The van der Waals surface area contributed by atoms with Gasteiger partial charge in [0.15, 0.2) is 0 Å². The summed E-state index contributed by atoms with van der Waals surface area (Å²) in [5.41, 5.74) is 4.40. The molecule has 1 saturated heterocycles. The highest BCUT2D eigenvalue weighted by Crippen LogP contribution is 2.67. The Hall–Kier alpha value is -0.870. The molecule has 1 aliphatic heterocycles. The molecule has 33 heavy (non-hydrogen) atoms. The van der Waals surface area contributed by atoms with Gasteiger partial charge in [0.2, 0.25) is 0 Å². The normalized spacial score (nSPS) is 41.3. The largest absolute Gasteiger partial charge is 0.378 e. The monoisotopic (exact) mass is 481 g/mol. The summed E-state index contributed by atoms with van der Waals surface area (Å²) in [6.07, 6.45) is 10.2. The molecule has 0 N–H and O–H groups in total. The van der Waals surface area contributed by atoms with Gasteiger partial charge in [0.1, 0.15) is 5.78 Å². The maximum absolute atomic E-state index is 13.5. The third-order valence-corrected chi connectivity index (χ3v) is 13.5. The Bertz CT molecular complexity index is 962. The van der Waals surface area contributed by atoms with Crippen LogP contribution in [-0.4, -0.2) is 35.5 Å². The highest BCUT2D eigenvalue weighted by Gasteiger charge is 2.61. The highest BCUT2D eigenvalue weighted by atomic mass is 32.2. The summed E-state index contributed by atoms with van der Waals surface area (Å²) in [5.74, 6) is 6.67. The minimum absolute atomic E-state index is 0.125. The molecule has 6 rings (SSSR count). The van der Waals surface area contributed by atoms with Crippen molar-refractivity contribution in [2.75, 3.05) is 30.5 Å². The van der Waals surface area contributed by atoms with Crippen molar-refractivity contribution in [1.82, 2.24) is 0 Å². The third-order valence-electron chi connectivity index (χ3n) is 10.1. The average Bonchev–Trinajstić information content (AvgIpc) is 3.35. The first-order valence-corrected chi connectivity index (χ1v) is 15.1. The number of ketones is 1. The zero-order chi connectivity index (χ0) is 23.0. The van der Waals surface area contributed by atoms with Crippen LogP contribution in [0.25, 0.3) is 0 Å². The van der Waals surface area contributed by atoms with Crippen molar-refractivity contribution in [3.05, 3.63) is 41.5 Å². The van der Waals surface area contributed by atoms with E-state index in [4.69, 9.17) is 0 Å². The SMILES string of the molecule is C[C@@H]1C[C@H]2[C@@H]3CCC4=CC5(CC[C@@H]4[C@H]3[C@@H](c3ccc(N(C)C)cc3)C[C@]2(C)C1=O)SCCS5. The Morgan fingerprint density at radius 2 is 1.76 bits per heavy atom. The summed E-state index contributed by atoms with van der Waals surface area (Å²) in [4.78, 5) is 15.7. The van der Waals surface area contributed by atoms with Gasteiger partial charge >= 0.3 is 0 Å². The Morgan fingerprint density at radius 3 is 2.45 bits per heavy atom. The maximum atomic E-state index is 13.5. The summed E-state index contributed by atoms with van der Waals surface area (Å²) in [6, 6.07) is 9.35. The van der Waals surface area contributed by atoms with E-state index >= 15 is 0 Å². The fraction of sp³-hybridized carbons (Fsp3) is 0.690. The Labute approximate surface area is 208 Å². The lowest BCUT2D eigenvalue weighted by atomic mass is 9.48. The molecule has 0 bridgehead atoms. The number of nitrogens with zero attached hydrogens (tertiary/aromatic N) is 1. The van der Waals surface area contributed by atoms with Gasteiger partial charge in [-0.2, -0.15) is 0 Å². The minimum Gasteiger partial charge on any atom is -0.378 e. The Kier molecular flexibility index (Phi) is 5.53. The van der Waals surface area contributed by atoms with Crippen LogP contribution >= 0.6 is 23.5 Å². The summed E-state index contributed by atoms with van der Waals surface area (Å²) < 4.78 is 0.378. The number of benzene rings is 1. The van der Waals surface area contributed by atoms with Crippen molar-refractivity contribution in [2.24, 2.45) is 35.0 Å². The van der Waals surface area contributed by atoms with Crippen molar-refractivity contribution in [1.29, 1.82) is 0 Å². The number of fused-ring (bicyclic) bond motifs is 5. The molecule has 0 unspecified atom stereocenters. The number of thioether (sulfide) groups is 2. The van der Waals surface area contributed by atoms with Crippen LogP contribution in [0.1, 0.15) is 63.9 Å². The van der Waals surface area contributed by atoms with E-state index < -0.39 is 0 Å². The van der Waals surface area contributed by atoms with E-state index in [9.17, 15) is 4.79 Å². The number of hydrogen-bond acceptors (Lipinski definition) is 4. The Morgan fingerprint density at radius 1 is 1.03 bits per heavy atom. The zero-order valence-electron chi connectivity index (χ0n) is 20.7. The zero-order valence-corrected chi connectivity index (χ0v) is 22.3. The predicted octanol–water partition coefficient (Wildman–Crippen LogP) is 7.01. The Balaban J connectivity index is 1.41. The van der Waals surface area contributed by atoms with E-state index in [1.807, 2.05) is 0 Å². The maximum Gasteiger partial charge on any atom is 0.141 e. The molecular weight excluding hydrogens is 442 g/mol. The van der Waals surface area contributed by atoms with Crippen LogP contribution in [-0.2, 0) is 4.79 Å². The summed E-state index contributed by atoms with van der Waals surface area (Å²) >= 11 is 4.41. The number of hydrogen-bond donors (Lipinski definition) is 0. The van der Waals surface area contributed by atoms with Gasteiger partial charge in [-0.1, -0.05) is 37.6 Å². The molecule has 1 aromatic rings. The van der Waals surface area contributed by atoms with Gasteiger partial charge in [0, 0.05) is 42.6 Å². The molecule has 0 amide bonds. The van der Waals surface area contributed by atoms with E-state index in [1.54, 1.807) is 5.57 Å². The molecule has 1 aromatic carbocycles. The minimum atomic E-state index is -0.125. The van der Waals surface area contributed by atoms with Crippen molar-refractivity contribution in [3.63, 3.8) is 0 Å². The van der Waals surface area contributed by atoms with E-state index in [2.05, 4.69) is 86.7 Å². The van der Waals surface area contributed by atoms with Crippen LogP contribution in [0.2, 0.25) is 0 Å². The molecule has 0 radical (unpaired) electrons. The van der Waals surface area contributed by atoms with Gasteiger partial charge in [-0.05, 0) is 85.8 Å². The summed E-state index contributed by atoms with van der Waals surface area (Å²) in [6.45, 7) is 4.54. The van der Waals surface area contributed by atoms with Gasteiger partial charge in [-0.3, -0.25) is 4.79 Å². The van der Waals surface area contributed by atoms with E-state index in [0.717, 1.165) is 18.8 Å². The van der Waals surface area contributed by atoms with Gasteiger partial charge in [0.25, 0.3) is 0 Å². The second kappa shape index (κ2) is 8.08. The average molecular weight is 482 g/mol. The number of allylic oxidation sites excluding steroid dienone is 1. The smallest absolute Gasteiger partial charge is 0.141 e. The predicted molar refractivity (Wildman–Crippen MR) is 143 cm³/mol. The molecule has 178 valence electrons. The number of rotatable bonds is 2. The van der Waals surface area contributed by atoms with Crippen LogP contribution in [0, 0.1) is 35.0 Å². The molecule has 7 atom stereocenters. The quantitative estimate of drug-likeness (QED) is 0.423. The van der Waals surface area contributed by atoms with E-state index in [0.29, 0.717) is 33.5 Å². The van der Waals surface area contributed by atoms with Gasteiger partial charge in [-0.25, -0.2) is 0 Å². The first-order chi connectivity index (χ1) is 15.8. The van der Waals surface area contributed by atoms with E-state index in [1.165, 1.54) is 48.4 Å². The van der Waals surface area contributed by atoms with Gasteiger partial charge < -0.3 is 4.90 Å². The number of carbonyl (C=O) groups is 1. The number of Topliss-reactive ketones (excluding diaryl/α,β-unsaturated/α-hetero) is 1. The molecule has 0 aromatic heterocycles. The second-order valence-electron chi connectivity index (χ2n) is 12.0. The standard InChI is InChI=1S/C29H39NOS2/c1-18-15-25-23-10-7-20-16-29(32-13-14-33-29)12-11-22(20)26(23)24(17-28(25,2)27(18)31)19-5-8-21(9-6-19)30(3)4/h5-6,8-9,16,18,22-26H,7,10-15,17H2,1-4H3/t18-,22+,23+,24-,25+,26-,28+/m1/s1. The van der Waals surface area contributed by atoms with Gasteiger partial charge in [-0.15, -0.1) is 23.5 Å². The third kappa shape index (κ3) is 3.48. The molecule has 1 heterocycles. The molecule has 1 spiro atoms.